The number of fused-ring (bicyclic) bond motifs is 1. The highest BCUT2D eigenvalue weighted by atomic mass is 16.2. The van der Waals surface area contributed by atoms with Gasteiger partial charge in [-0.25, -0.2) is 0 Å². The monoisotopic (exact) mass is 267 g/mol. The number of piperidine rings is 1. The number of nitrogens with two attached hydrogens (primary N) is 1. The van der Waals surface area contributed by atoms with Gasteiger partial charge in [-0.3, -0.25) is 9.69 Å². The second kappa shape index (κ2) is 6.71. The Bertz CT molecular complexity index is 306. The van der Waals surface area contributed by atoms with Crippen molar-refractivity contribution in [3.8, 4) is 0 Å². The molecule has 0 aliphatic carbocycles. The third kappa shape index (κ3) is 3.93. The first-order valence-electron chi connectivity index (χ1n) is 7.87. The maximum Gasteiger partial charge on any atom is 0.222 e. The van der Waals surface area contributed by atoms with Crippen LogP contribution in [0.3, 0.4) is 0 Å². The van der Waals surface area contributed by atoms with Gasteiger partial charge in [-0.2, -0.15) is 0 Å². The fourth-order valence-corrected chi connectivity index (χ4v) is 3.42. The lowest BCUT2D eigenvalue weighted by Crippen LogP contribution is -2.60. The van der Waals surface area contributed by atoms with Crippen LogP contribution in [0.15, 0.2) is 0 Å². The van der Waals surface area contributed by atoms with Crippen LogP contribution in [0.25, 0.3) is 0 Å². The molecular formula is C15H29N3O. The van der Waals surface area contributed by atoms with Crippen LogP contribution in [0.4, 0.5) is 0 Å². The standard InChI is InChI=1S/C15H29N3O/c1-12(16)6-5-8-15(19)18-11-14-7-3-4-9-17(14)10-13(18)2/h12-14H,3-11,16H2,1-2H3. The third-order valence-electron chi connectivity index (χ3n) is 4.56. The highest BCUT2D eigenvalue weighted by Crippen LogP contribution is 2.24. The second-order valence-corrected chi connectivity index (χ2v) is 6.41. The summed E-state index contributed by atoms with van der Waals surface area (Å²) in [5.74, 6) is 0.332. The number of piperazine rings is 1. The summed E-state index contributed by atoms with van der Waals surface area (Å²) in [5, 5.41) is 0. The number of nitrogens with zero attached hydrogens (tertiary/aromatic N) is 2. The van der Waals surface area contributed by atoms with Gasteiger partial charge in [-0.15, -0.1) is 0 Å². The van der Waals surface area contributed by atoms with Crippen molar-refractivity contribution in [2.75, 3.05) is 19.6 Å². The van der Waals surface area contributed by atoms with E-state index in [1.165, 1.54) is 25.8 Å². The minimum Gasteiger partial charge on any atom is -0.337 e. The van der Waals surface area contributed by atoms with Gasteiger partial charge < -0.3 is 10.6 Å². The molecule has 2 aliphatic rings. The molecule has 110 valence electrons. The molecule has 0 aromatic heterocycles. The molecule has 19 heavy (non-hydrogen) atoms. The quantitative estimate of drug-likeness (QED) is 0.841. The van der Waals surface area contributed by atoms with Crippen molar-refractivity contribution in [2.45, 2.75) is 70.5 Å². The van der Waals surface area contributed by atoms with Crippen molar-refractivity contribution < 1.29 is 4.79 Å². The number of hydrogen-bond donors (Lipinski definition) is 1. The maximum atomic E-state index is 12.3. The Morgan fingerprint density at radius 2 is 2.16 bits per heavy atom. The smallest absolute Gasteiger partial charge is 0.222 e. The minimum absolute atomic E-state index is 0.209. The summed E-state index contributed by atoms with van der Waals surface area (Å²) >= 11 is 0. The van der Waals surface area contributed by atoms with Gasteiger partial charge >= 0.3 is 0 Å². The van der Waals surface area contributed by atoms with Gasteiger partial charge in [-0.1, -0.05) is 6.42 Å². The van der Waals surface area contributed by atoms with Crippen LogP contribution in [0.2, 0.25) is 0 Å². The van der Waals surface area contributed by atoms with Gasteiger partial charge in [-0.05, 0) is 46.1 Å². The molecule has 0 radical (unpaired) electrons. The van der Waals surface area contributed by atoms with E-state index in [9.17, 15) is 4.79 Å². The first-order chi connectivity index (χ1) is 9.08. The van der Waals surface area contributed by atoms with Crippen LogP contribution in [0.1, 0.15) is 52.4 Å². The molecule has 0 aromatic rings. The molecule has 4 nitrogen and oxygen atoms in total. The van der Waals surface area contributed by atoms with Gasteiger partial charge in [0.15, 0.2) is 0 Å². The van der Waals surface area contributed by atoms with E-state index in [0.29, 0.717) is 24.4 Å². The number of rotatable bonds is 4. The molecule has 2 heterocycles. The van der Waals surface area contributed by atoms with Crippen LogP contribution < -0.4 is 5.73 Å². The number of hydrogen-bond acceptors (Lipinski definition) is 3. The van der Waals surface area contributed by atoms with Gasteiger partial charge in [0, 0.05) is 37.6 Å². The molecule has 4 heteroatoms. The van der Waals surface area contributed by atoms with Crippen molar-refractivity contribution in [3.63, 3.8) is 0 Å². The molecular weight excluding hydrogens is 238 g/mol. The molecule has 3 unspecified atom stereocenters. The second-order valence-electron chi connectivity index (χ2n) is 6.41. The molecule has 0 aromatic carbocycles. The van der Waals surface area contributed by atoms with E-state index in [1.807, 2.05) is 6.92 Å². The molecule has 0 saturated carbocycles. The average molecular weight is 267 g/mol. The van der Waals surface area contributed by atoms with Gasteiger partial charge in [0.05, 0.1) is 0 Å². The number of carbonyl (C=O) groups excluding carboxylic acids is 1. The summed E-state index contributed by atoms with van der Waals surface area (Å²) in [5.41, 5.74) is 5.74. The van der Waals surface area contributed by atoms with Crippen LogP contribution >= 0.6 is 0 Å². The summed E-state index contributed by atoms with van der Waals surface area (Å²) in [4.78, 5) is 17.0. The van der Waals surface area contributed by atoms with Gasteiger partial charge in [0.25, 0.3) is 0 Å². The Hall–Kier alpha value is -0.610. The van der Waals surface area contributed by atoms with E-state index in [4.69, 9.17) is 5.73 Å². The van der Waals surface area contributed by atoms with Crippen LogP contribution in [-0.4, -0.2) is 53.5 Å². The predicted octanol–water partition coefficient (Wildman–Crippen LogP) is 1.59. The predicted molar refractivity (Wildman–Crippen MR) is 77.9 cm³/mol. The average Bonchev–Trinajstić information content (AvgIpc) is 2.37. The zero-order valence-electron chi connectivity index (χ0n) is 12.5. The SMILES string of the molecule is CC(N)CCCC(=O)N1CC2CCCCN2CC1C. The molecule has 2 saturated heterocycles. The molecule has 0 spiro atoms. The minimum atomic E-state index is 0.209. The first-order valence-corrected chi connectivity index (χ1v) is 7.87. The normalized spacial score (nSPS) is 29.9. The molecule has 2 rings (SSSR count). The maximum absolute atomic E-state index is 12.3. The Balaban J connectivity index is 1.83. The van der Waals surface area contributed by atoms with Crippen molar-refractivity contribution in [1.29, 1.82) is 0 Å². The highest BCUT2D eigenvalue weighted by molar-refractivity contribution is 5.76. The Labute approximate surface area is 117 Å². The van der Waals surface area contributed by atoms with Crippen LogP contribution in [0.5, 0.6) is 0 Å². The van der Waals surface area contributed by atoms with Gasteiger partial charge in [0.1, 0.15) is 0 Å². The van der Waals surface area contributed by atoms with E-state index in [2.05, 4.69) is 16.7 Å². The number of amides is 1. The summed E-state index contributed by atoms with van der Waals surface area (Å²) in [6, 6.07) is 1.19. The topological polar surface area (TPSA) is 49.6 Å². The first kappa shape index (κ1) is 14.8. The molecule has 1 amide bonds. The zero-order valence-corrected chi connectivity index (χ0v) is 12.5. The number of carbonyl (C=O) groups is 1. The lowest BCUT2D eigenvalue weighted by molar-refractivity contribution is -0.138. The fourth-order valence-electron chi connectivity index (χ4n) is 3.42. The Kier molecular flexibility index (Phi) is 5.22. The Morgan fingerprint density at radius 1 is 1.37 bits per heavy atom. The van der Waals surface area contributed by atoms with Crippen molar-refractivity contribution in [3.05, 3.63) is 0 Å². The summed E-state index contributed by atoms with van der Waals surface area (Å²) < 4.78 is 0. The zero-order chi connectivity index (χ0) is 13.8. The largest absolute Gasteiger partial charge is 0.337 e. The lowest BCUT2D eigenvalue weighted by Gasteiger charge is -2.47. The summed E-state index contributed by atoms with van der Waals surface area (Å²) in [7, 11) is 0. The Morgan fingerprint density at radius 3 is 2.89 bits per heavy atom. The summed E-state index contributed by atoms with van der Waals surface area (Å²) in [6.07, 6.45) is 6.44. The highest BCUT2D eigenvalue weighted by Gasteiger charge is 2.34. The molecule has 2 fully saturated rings. The van der Waals surface area contributed by atoms with Crippen molar-refractivity contribution in [2.24, 2.45) is 5.73 Å². The molecule has 3 atom stereocenters. The molecule has 2 aliphatic heterocycles. The fraction of sp³-hybridized carbons (Fsp3) is 0.933. The van der Waals surface area contributed by atoms with Crippen molar-refractivity contribution in [1.82, 2.24) is 9.80 Å². The van der Waals surface area contributed by atoms with E-state index in [1.54, 1.807) is 0 Å². The molecule has 0 bridgehead atoms. The van der Waals surface area contributed by atoms with E-state index < -0.39 is 0 Å². The summed E-state index contributed by atoms with van der Waals surface area (Å²) in [6.45, 7) is 7.42. The van der Waals surface area contributed by atoms with Crippen molar-refractivity contribution >= 4 is 5.91 Å². The van der Waals surface area contributed by atoms with Crippen LogP contribution in [0, 0.1) is 0 Å². The van der Waals surface area contributed by atoms with E-state index in [0.717, 1.165) is 25.9 Å². The van der Waals surface area contributed by atoms with Crippen LogP contribution in [-0.2, 0) is 4.79 Å². The third-order valence-corrected chi connectivity index (χ3v) is 4.56. The van der Waals surface area contributed by atoms with Gasteiger partial charge in [0.2, 0.25) is 5.91 Å². The van der Waals surface area contributed by atoms with E-state index >= 15 is 0 Å². The molecule has 2 N–H and O–H groups in total. The van der Waals surface area contributed by atoms with E-state index in [-0.39, 0.29) is 6.04 Å². The lowest BCUT2D eigenvalue weighted by atomic mass is 9.96.